The zero-order valence-corrected chi connectivity index (χ0v) is 14.9. The molecule has 1 fully saturated rings. The molecule has 26 heavy (non-hydrogen) atoms. The minimum atomic E-state index is -0.501. The van der Waals surface area contributed by atoms with E-state index in [9.17, 15) is 14.4 Å². The fraction of sp³-hybridized carbons (Fsp3) is 0.250. The number of carbonyl (C=O) groups excluding carboxylic acids is 3. The van der Waals surface area contributed by atoms with Crippen LogP contribution in [0.15, 0.2) is 53.9 Å². The van der Waals surface area contributed by atoms with Gasteiger partial charge in [0, 0.05) is 0 Å². The summed E-state index contributed by atoms with van der Waals surface area (Å²) in [4.78, 5) is 39.8. The number of benzene rings is 1. The molecular formula is C20H17NO4S. The van der Waals surface area contributed by atoms with Crippen LogP contribution in [0.3, 0.4) is 0 Å². The van der Waals surface area contributed by atoms with E-state index in [4.69, 9.17) is 4.74 Å². The van der Waals surface area contributed by atoms with Crippen molar-refractivity contribution in [2.45, 2.75) is 13.3 Å². The largest absolute Gasteiger partial charge is 0.420 e. The molecule has 2 amide bonds. The van der Waals surface area contributed by atoms with Gasteiger partial charge in [0.1, 0.15) is 4.88 Å². The molecule has 1 aromatic heterocycles. The van der Waals surface area contributed by atoms with E-state index < -0.39 is 5.97 Å². The van der Waals surface area contributed by atoms with Gasteiger partial charge < -0.3 is 4.74 Å². The second kappa shape index (κ2) is 6.53. The van der Waals surface area contributed by atoms with Crippen molar-refractivity contribution in [3.05, 3.63) is 58.8 Å². The van der Waals surface area contributed by atoms with Gasteiger partial charge in [-0.1, -0.05) is 37.3 Å². The van der Waals surface area contributed by atoms with Crippen molar-refractivity contribution in [1.82, 2.24) is 0 Å². The topological polar surface area (TPSA) is 63.7 Å². The average molecular weight is 367 g/mol. The fourth-order valence-corrected chi connectivity index (χ4v) is 4.26. The second-order valence-electron chi connectivity index (χ2n) is 6.50. The van der Waals surface area contributed by atoms with Crippen molar-refractivity contribution in [3.63, 3.8) is 0 Å². The zero-order chi connectivity index (χ0) is 18.3. The highest BCUT2D eigenvalue weighted by atomic mass is 32.1. The number of hydrogen-bond donors (Lipinski definition) is 0. The molecule has 1 aliphatic heterocycles. The van der Waals surface area contributed by atoms with Gasteiger partial charge in [0.15, 0.2) is 5.75 Å². The molecule has 1 aliphatic carbocycles. The Morgan fingerprint density at radius 2 is 1.96 bits per heavy atom. The first-order valence-electron chi connectivity index (χ1n) is 8.47. The van der Waals surface area contributed by atoms with E-state index in [-0.39, 0.29) is 35.3 Å². The SMILES string of the molecule is CC1C=CCC2C(=O)N(c3ccccc3OC(=O)c3cccs3)C(=O)C12. The van der Waals surface area contributed by atoms with Crippen LogP contribution in [0.25, 0.3) is 0 Å². The zero-order valence-electron chi connectivity index (χ0n) is 14.1. The van der Waals surface area contributed by atoms with Crippen LogP contribution in [0.2, 0.25) is 0 Å². The van der Waals surface area contributed by atoms with Crippen LogP contribution in [-0.4, -0.2) is 17.8 Å². The van der Waals surface area contributed by atoms with Crippen LogP contribution in [0, 0.1) is 17.8 Å². The molecule has 2 aromatic rings. The highest BCUT2D eigenvalue weighted by molar-refractivity contribution is 7.12. The van der Waals surface area contributed by atoms with Gasteiger partial charge in [-0.25, -0.2) is 9.69 Å². The van der Waals surface area contributed by atoms with Crippen molar-refractivity contribution < 1.29 is 19.1 Å². The van der Waals surface area contributed by atoms with E-state index in [0.717, 1.165) is 0 Å². The molecule has 3 unspecified atom stereocenters. The van der Waals surface area contributed by atoms with Crippen LogP contribution >= 0.6 is 11.3 Å². The minimum absolute atomic E-state index is 0.0102. The Kier molecular flexibility index (Phi) is 4.20. The monoisotopic (exact) mass is 367 g/mol. The lowest BCUT2D eigenvalue weighted by Gasteiger charge is -2.22. The first kappa shape index (κ1) is 16.7. The summed E-state index contributed by atoms with van der Waals surface area (Å²) in [6.07, 6.45) is 4.51. The van der Waals surface area contributed by atoms with Gasteiger partial charge in [-0.05, 0) is 35.9 Å². The molecule has 132 valence electrons. The third kappa shape index (κ3) is 2.66. The van der Waals surface area contributed by atoms with Gasteiger partial charge in [-0.15, -0.1) is 11.3 Å². The van der Waals surface area contributed by atoms with E-state index in [1.807, 2.05) is 19.1 Å². The highest BCUT2D eigenvalue weighted by Crippen LogP contribution is 2.42. The summed E-state index contributed by atoms with van der Waals surface area (Å²) in [6, 6.07) is 10.1. The standard InChI is InChI=1S/C20H17NO4S/c1-12-6-4-7-13-17(12)19(23)21(18(13)22)14-8-2-3-9-15(14)25-20(24)16-10-5-11-26-16/h2-6,8-13,17H,7H2,1H3. The molecule has 4 rings (SSSR count). The number of imide groups is 1. The van der Waals surface area contributed by atoms with Crippen LogP contribution in [-0.2, 0) is 9.59 Å². The van der Waals surface area contributed by atoms with Crippen molar-refractivity contribution in [2.24, 2.45) is 17.8 Å². The van der Waals surface area contributed by atoms with Crippen molar-refractivity contribution in [2.75, 3.05) is 4.90 Å². The Morgan fingerprint density at radius 3 is 2.69 bits per heavy atom. The molecule has 1 saturated heterocycles. The quantitative estimate of drug-likeness (QED) is 0.359. The number of esters is 1. The maximum Gasteiger partial charge on any atom is 0.353 e. The van der Waals surface area contributed by atoms with E-state index in [0.29, 0.717) is 17.0 Å². The number of rotatable bonds is 3. The third-order valence-corrected chi connectivity index (χ3v) is 5.75. The normalized spacial score (nSPS) is 24.7. The molecule has 0 saturated carbocycles. The lowest BCUT2D eigenvalue weighted by Crippen LogP contribution is -2.32. The van der Waals surface area contributed by atoms with Gasteiger partial charge in [-0.3, -0.25) is 9.59 Å². The van der Waals surface area contributed by atoms with Crippen LogP contribution < -0.4 is 9.64 Å². The Labute approximate surface area is 154 Å². The second-order valence-corrected chi connectivity index (χ2v) is 7.45. The van der Waals surface area contributed by atoms with Gasteiger partial charge >= 0.3 is 5.97 Å². The number of para-hydroxylation sites is 2. The summed E-state index contributed by atoms with van der Waals surface area (Å²) >= 11 is 1.28. The lowest BCUT2D eigenvalue weighted by molar-refractivity contribution is -0.122. The summed E-state index contributed by atoms with van der Waals surface area (Å²) in [7, 11) is 0. The van der Waals surface area contributed by atoms with Crippen LogP contribution in [0.4, 0.5) is 5.69 Å². The maximum absolute atomic E-state index is 13.0. The number of thiophene rings is 1. The predicted octanol–water partition coefficient (Wildman–Crippen LogP) is 3.67. The summed E-state index contributed by atoms with van der Waals surface area (Å²) in [5, 5.41) is 1.79. The Morgan fingerprint density at radius 1 is 1.15 bits per heavy atom. The maximum atomic E-state index is 13.0. The number of amides is 2. The fourth-order valence-electron chi connectivity index (χ4n) is 3.66. The highest BCUT2D eigenvalue weighted by Gasteiger charge is 2.51. The number of hydrogen-bond acceptors (Lipinski definition) is 5. The van der Waals surface area contributed by atoms with Crippen molar-refractivity contribution in [1.29, 1.82) is 0 Å². The molecule has 6 heteroatoms. The average Bonchev–Trinajstić information content (AvgIpc) is 3.25. The first-order chi connectivity index (χ1) is 12.6. The number of ether oxygens (including phenoxy) is 1. The number of nitrogens with zero attached hydrogens (tertiary/aromatic N) is 1. The Bertz CT molecular complexity index is 902. The van der Waals surface area contributed by atoms with Crippen LogP contribution in [0.1, 0.15) is 23.0 Å². The summed E-state index contributed by atoms with van der Waals surface area (Å²) in [5.74, 6) is -1.42. The molecule has 5 nitrogen and oxygen atoms in total. The summed E-state index contributed by atoms with van der Waals surface area (Å²) in [6.45, 7) is 1.95. The number of anilines is 1. The molecule has 2 aliphatic rings. The lowest BCUT2D eigenvalue weighted by atomic mass is 9.78. The van der Waals surface area contributed by atoms with Crippen molar-refractivity contribution >= 4 is 34.8 Å². The molecule has 0 bridgehead atoms. The van der Waals surface area contributed by atoms with Gasteiger partial charge in [0.2, 0.25) is 11.8 Å². The summed E-state index contributed by atoms with van der Waals surface area (Å²) < 4.78 is 5.49. The van der Waals surface area contributed by atoms with E-state index >= 15 is 0 Å². The Balaban J connectivity index is 1.67. The minimum Gasteiger partial charge on any atom is -0.420 e. The molecule has 0 spiro atoms. The number of carbonyl (C=O) groups is 3. The van der Waals surface area contributed by atoms with E-state index in [1.54, 1.807) is 41.8 Å². The van der Waals surface area contributed by atoms with Crippen molar-refractivity contribution in [3.8, 4) is 5.75 Å². The number of fused-ring (bicyclic) bond motifs is 1. The van der Waals surface area contributed by atoms with Gasteiger partial charge in [0.05, 0.1) is 17.5 Å². The Hall–Kier alpha value is -2.73. The third-order valence-electron chi connectivity index (χ3n) is 4.90. The molecular weight excluding hydrogens is 350 g/mol. The molecule has 0 N–H and O–H groups in total. The molecule has 2 heterocycles. The van der Waals surface area contributed by atoms with Gasteiger partial charge in [-0.2, -0.15) is 0 Å². The molecule has 3 atom stereocenters. The number of allylic oxidation sites excluding steroid dienone is 2. The predicted molar refractivity (Wildman–Crippen MR) is 98.1 cm³/mol. The first-order valence-corrected chi connectivity index (χ1v) is 9.35. The van der Waals surface area contributed by atoms with Gasteiger partial charge in [0.25, 0.3) is 0 Å². The summed E-state index contributed by atoms with van der Waals surface area (Å²) in [5.41, 5.74) is 0.328. The van der Waals surface area contributed by atoms with Crippen LogP contribution in [0.5, 0.6) is 5.75 Å². The van der Waals surface area contributed by atoms with E-state index in [2.05, 4.69) is 0 Å². The molecule has 1 aromatic carbocycles. The molecule has 0 radical (unpaired) electrons. The smallest absolute Gasteiger partial charge is 0.353 e. The van der Waals surface area contributed by atoms with E-state index in [1.165, 1.54) is 16.2 Å².